The Bertz CT molecular complexity index is 536. The van der Waals surface area contributed by atoms with Crippen molar-refractivity contribution < 1.29 is 4.74 Å². The lowest BCUT2D eigenvalue weighted by atomic mass is 9.74. The van der Waals surface area contributed by atoms with Crippen molar-refractivity contribution in [3.05, 3.63) is 34.3 Å². The summed E-state index contributed by atoms with van der Waals surface area (Å²) in [5.41, 5.74) is 1.48. The van der Waals surface area contributed by atoms with Crippen LogP contribution in [0.25, 0.3) is 0 Å². The maximum absolute atomic E-state index is 5.62. The Morgan fingerprint density at radius 1 is 1.19 bits per heavy atom. The van der Waals surface area contributed by atoms with Gasteiger partial charge in [0, 0.05) is 43.2 Å². The number of benzene rings is 1. The molecule has 0 bridgehead atoms. The maximum atomic E-state index is 5.62. The van der Waals surface area contributed by atoms with Crippen molar-refractivity contribution in [1.82, 2.24) is 10.6 Å². The molecule has 2 rings (SSSR count). The average molecular weight is 556 g/mol. The van der Waals surface area contributed by atoms with Gasteiger partial charge in [-0.15, -0.1) is 24.0 Å². The molecule has 0 amide bonds. The second-order valence-corrected chi connectivity index (χ2v) is 8.35. The van der Waals surface area contributed by atoms with E-state index in [0.717, 1.165) is 49.6 Å². The summed E-state index contributed by atoms with van der Waals surface area (Å²) in [4.78, 5) is 4.38. The van der Waals surface area contributed by atoms with Crippen molar-refractivity contribution in [2.75, 3.05) is 45.4 Å². The molecule has 2 N–H and O–H groups in total. The van der Waals surface area contributed by atoms with E-state index >= 15 is 0 Å². The number of hydrogen-bond acceptors (Lipinski definition) is 3. The molecule has 0 aromatic heterocycles. The van der Waals surface area contributed by atoms with E-state index in [4.69, 9.17) is 4.74 Å². The first-order chi connectivity index (χ1) is 12.2. The molecule has 4 nitrogen and oxygen atoms in total. The molecular weight excluding hydrogens is 525 g/mol. The van der Waals surface area contributed by atoms with Crippen LogP contribution in [0.1, 0.15) is 31.2 Å². The number of hydrogen-bond donors (Lipinski definition) is 2. The van der Waals surface area contributed by atoms with Crippen LogP contribution >= 0.6 is 51.7 Å². The fraction of sp³-hybridized carbons (Fsp3) is 0.632. The minimum absolute atomic E-state index is 0. The van der Waals surface area contributed by atoms with E-state index in [2.05, 4.69) is 62.1 Å². The minimum atomic E-state index is 0. The molecular formula is C19H31BrIN3OS. The lowest BCUT2D eigenvalue weighted by molar-refractivity contribution is 0.0514. The van der Waals surface area contributed by atoms with Crippen LogP contribution in [0.15, 0.2) is 33.7 Å². The van der Waals surface area contributed by atoms with Gasteiger partial charge in [-0.05, 0) is 55.4 Å². The van der Waals surface area contributed by atoms with Gasteiger partial charge in [-0.25, -0.2) is 0 Å². The summed E-state index contributed by atoms with van der Waals surface area (Å²) in [7, 11) is 1.84. The van der Waals surface area contributed by atoms with Crippen LogP contribution in [0.4, 0.5) is 0 Å². The second-order valence-electron chi connectivity index (χ2n) is 6.45. The van der Waals surface area contributed by atoms with Crippen LogP contribution in [-0.2, 0) is 10.2 Å². The van der Waals surface area contributed by atoms with Crippen molar-refractivity contribution in [3.63, 3.8) is 0 Å². The highest BCUT2D eigenvalue weighted by atomic mass is 127. The Hall–Kier alpha value is 0.01000. The molecule has 26 heavy (non-hydrogen) atoms. The first-order valence-electron chi connectivity index (χ1n) is 8.97. The van der Waals surface area contributed by atoms with Crippen molar-refractivity contribution in [1.29, 1.82) is 0 Å². The highest BCUT2D eigenvalue weighted by Crippen LogP contribution is 2.34. The van der Waals surface area contributed by atoms with Gasteiger partial charge in [0.1, 0.15) is 0 Å². The summed E-state index contributed by atoms with van der Waals surface area (Å²) in [6.45, 7) is 3.48. The van der Waals surface area contributed by atoms with Gasteiger partial charge in [0.2, 0.25) is 0 Å². The predicted octanol–water partition coefficient (Wildman–Crippen LogP) is 4.42. The third-order valence-electron chi connectivity index (χ3n) is 4.79. The van der Waals surface area contributed by atoms with Gasteiger partial charge >= 0.3 is 0 Å². The molecule has 7 heteroatoms. The first-order valence-corrected chi connectivity index (χ1v) is 11.2. The van der Waals surface area contributed by atoms with Gasteiger partial charge in [-0.2, -0.15) is 11.8 Å². The van der Waals surface area contributed by atoms with Crippen LogP contribution in [0.5, 0.6) is 0 Å². The highest BCUT2D eigenvalue weighted by molar-refractivity contribution is 14.0. The summed E-state index contributed by atoms with van der Waals surface area (Å²) in [5.74, 6) is 2.12. The highest BCUT2D eigenvalue weighted by Gasteiger charge is 2.34. The Morgan fingerprint density at radius 2 is 1.88 bits per heavy atom. The number of halogens is 2. The standard InChI is InChI=1S/C19H30BrN3OS.HI/c1-21-18(22-11-3-4-14-25-2)23-15-19(9-12-24-13-10-19)16-5-7-17(20)8-6-16;/h5-8H,3-4,9-15H2,1-2H3,(H2,21,22,23);1H. The quantitative estimate of drug-likeness (QED) is 0.216. The van der Waals surface area contributed by atoms with Gasteiger partial charge < -0.3 is 15.4 Å². The smallest absolute Gasteiger partial charge is 0.191 e. The number of aliphatic imine (C=N–C) groups is 1. The third kappa shape index (κ3) is 7.56. The van der Waals surface area contributed by atoms with E-state index in [-0.39, 0.29) is 29.4 Å². The topological polar surface area (TPSA) is 45.7 Å². The lowest BCUT2D eigenvalue weighted by Gasteiger charge is -2.38. The number of nitrogens with one attached hydrogen (secondary N) is 2. The molecule has 0 spiro atoms. The van der Waals surface area contributed by atoms with Gasteiger partial charge in [-0.1, -0.05) is 28.1 Å². The molecule has 1 aliphatic heterocycles. The zero-order valence-electron chi connectivity index (χ0n) is 15.7. The molecule has 1 aromatic rings. The second kappa shape index (κ2) is 13.2. The number of ether oxygens (including phenoxy) is 1. The number of thioether (sulfide) groups is 1. The molecule has 0 saturated carbocycles. The van der Waals surface area contributed by atoms with Crippen LogP contribution < -0.4 is 10.6 Å². The Balaban J connectivity index is 0.00000338. The fourth-order valence-electron chi connectivity index (χ4n) is 3.18. The lowest BCUT2D eigenvalue weighted by Crippen LogP contribution is -2.48. The third-order valence-corrected chi connectivity index (χ3v) is 6.02. The monoisotopic (exact) mass is 555 g/mol. The van der Waals surface area contributed by atoms with Gasteiger partial charge in [0.25, 0.3) is 0 Å². The zero-order valence-corrected chi connectivity index (χ0v) is 20.5. The summed E-state index contributed by atoms with van der Waals surface area (Å²) in [5, 5.41) is 6.99. The van der Waals surface area contributed by atoms with E-state index in [1.54, 1.807) is 0 Å². The Labute approximate surface area is 187 Å². The fourth-order valence-corrected chi connectivity index (χ4v) is 3.94. The maximum Gasteiger partial charge on any atom is 0.191 e. The predicted molar refractivity (Wildman–Crippen MR) is 128 cm³/mol. The van der Waals surface area contributed by atoms with Gasteiger partial charge in [-0.3, -0.25) is 4.99 Å². The number of unbranched alkanes of at least 4 members (excludes halogenated alkanes) is 1. The first kappa shape index (κ1) is 24.0. The largest absolute Gasteiger partial charge is 0.381 e. The molecule has 1 heterocycles. The normalized spacial score (nSPS) is 16.7. The van der Waals surface area contributed by atoms with E-state index in [9.17, 15) is 0 Å². The molecule has 0 radical (unpaired) electrons. The van der Waals surface area contributed by atoms with Crippen molar-refractivity contribution in [3.8, 4) is 0 Å². The molecule has 0 atom stereocenters. The molecule has 148 valence electrons. The SMILES string of the molecule is CN=C(NCCCCSC)NCC1(c2ccc(Br)cc2)CCOCC1.I. The van der Waals surface area contributed by atoms with Gasteiger partial charge in [0.05, 0.1) is 0 Å². The molecule has 1 aliphatic rings. The van der Waals surface area contributed by atoms with E-state index in [1.165, 1.54) is 24.2 Å². The Morgan fingerprint density at radius 3 is 2.50 bits per heavy atom. The minimum Gasteiger partial charge on any atom is -0.381 e. The molecule has 1 saturated heterocycles. The number of guanidine groups is 1. The van der Waals surface area contributed by atoms with Crippen LogP contribution in [0.3, 0.4) is 0 Å². The Kier molecular flexibility index (Phi) is 12.2. The van der Waals surface area contributed by atoms with Crippen LogP contribution in [0.2, 0.25) is 0 Å². The molecule has 1 fully saturated rings. The van der Waals surface area contributed by atoms with Crippen molar-refractivity contribution >= 4 is 57.6 Å². The molecule has 0 aliphatic carbocycles. The number of nitrogens with zero attached hydrogens (tertiary/aromatic N) is 1. The number of rotatable bonds is 8. The van der Waals surface area contributed by atoms with Gasteiger partial charge in [0.15, 0.2) is 5.96 Å². The molecule has 1 aromatic carbocycles. The van der Waals surface area contributed by atoms with E-state index in [0.29, 0.717) is 0 Å². The van der Waals surface area contributed by atoms with Crippen molar-refractivity contribution in [2.24, 2.45) is 4.99 Å². The average Bonchev–Trinajstić information content (AvgIpc) is 2.65. The summed E-state index contributed by atoms with van der Waals surface area (Å²) >= 11 is 5.44. The molecule has 0 unspecified atom stereocenters. The van der Waals surface area contributed by atoms with E-state index < -0.39 is 0 Å². The summed E-state index contributed by atoms with van der Waals surface area (Å²) in [6.07, 6.45) is 6.64. The van der Waals surface area contributed by atoms with Crippen molar-refractivity contribution in [2.45, 2.75) is 31.1 Å². The summed E-state index contributed by atoms with van der Waals surface area (Å²) < 4.78 is 6.74. The summed E-state index contributed by atoms with van der Waals surface area (Å²) in [6, 6.07) is 8.72. The van der Waals surface area contributed by atoms with Crippen LogP contribution in [0, 0.1) is 0 Å². The van der Waals surface area contributed by atoms with Crippen LogP contribution in [-0.4, -0.2) is 51.3 Å². The zero-order chi connectivity index (χ0) is 18.0. The van der Waals surface area contributed by atoms with E-state index in [1.807, 2.05) is 18.8 Å².